The summed E-state index contributed by atoms with van der Waals surface area (Å²) in [5.74, 6) is 0. The van der Waals surface area contributed by atoms with Crippen LogP contribution in [0.15, 0.2) is 18.5 Å². The van der Waals surface area contributed by atoms with Gasteiger partial charge in [-0.2, -0.15) is 0 Å². The van der Waals surface area contributed by atoms with Gasteiger partial charge in [0.15, 0.2) is 0 Å². The molecule has 0 amide bonds. The highest BCUT2D eigenvalue weighted by molar-refractivity contribution is 7.05. The second-order valence-electron chi connectivity index (χ2n) is 3.43. The van der Waals surface area contributed by atoms with E-state index < -0.39 is 0 Å². The van der Waals surface area contributed by atoms with Crippen molar-refractivity contribution in [3.63, 3.8) is 0 Å². The zero-order valence-corrected chi connectivity index (χ0v) is 9.45. The zero-order chi connectivity index (χ0) is 10.8. The summed E-state index contributed by atoms with van der Waals surface area (Å²) >= 11 is 1.35. The second kappa shape index (κ2) is 4.04. The van der Waals surface area contributed by atoms with Gasteiger partial charge in [-0.15, -0.1) is 5.10 Å². The van der Waals surface area contributed by atoms with Crippen LogP contribution in [0.1, 0.15) is 27.7 Å². The molecule has 1 atom stereocenters. The molecule has 0 saturated heterocycles. The molecule has 2 aromatic rings. The third kappa shape index (κ3) is 1.88. The van der Waals surface area contributed by atoms with Gasteiger partial charge >= 0.3 is 0 Å². The summed E-state index contributed by atoms with van der Waals surface area (Å²) < 4.78 is 3.89. The Kier molecular flexibility index (Phi) is 2.75. The van der Waals surface area contributed by atoms with Crippen LogP contribution in [-0.2, 0) is 0 Å². The lowest BCUT2D eigenvalue weighted by molar-refractivity contribution is 0.856. The van der Waals surface area contributed by atoms with E-state index in [1.54, 1.807) is 12.4 Å². The molecule has 0 fully saturated rings. The van der Waals surface area contributed by atoms with E-state index in [1.165, 1.54) is 11.5 Å². The van der Waals surface area contributed by atoms with Gasteiger partial charge in [0.2, 0.25) is 0 Å². The Morgan fingerprint density at radius 3 is 2.80 bits per heavy atom. The molecule has 15 heavy (non-hydrogen) atoms. The van der Waals surface area contributed by atoms with Crippen molar-refractivity contribution in [1.82, 2.24) is 14.6 Å². The van der Waals surface area contributed by atoms with E-state index in [4.69, 9.17) is 5.73 Å². The normalized spacial score (nSPS) is 12.7. The van der Waals surface area contributed by atoms with Crippen LogP contribution in [0.5, 0.6) is 0 Å². The highest BCUT2D eigenvalue weighted by atomic mass is 32.1. The first-order chi connectivity index (χ1) is 7.20. The molecule has 2 rings (SSSR count). The van der Waals surface area contributed by atoms with Gasteiger partial charge in [-0.05, 0) is 42.6 Å². The Labute approximate surface area is 92.3 Å². The summed E-state index contributed by atoms with van der Waals surface area (Å²) in [4.78, 5) is 5.10. The first-order valence-corrected chi connectivity index (χ1v) is 5.42. The quantitative estimate of drug-likeness (QED) is 0.834. The minimum absolute atomic E-state index is 0.168. The Bertz CT molecular complexity index is 466. The van der Waals surface area contributed by atoms with Crippen LogP contribution >= 0.6 is 11.5 Å². The fraction of sp³-hybridized carbons (Fsp3) is 0.300. The number of hydrogen-bond donors (Lipinski definition) is 1. The van der Waals surface area contributed by atoms with Crippen LogP contribution in [0.25, 0.3) is 0 Å². The van der Waals surface area contributed by atoms with E-state index >= 15 is 0 Å². The molecule has 0 spiro atoms. The summed E-state index contributed by atoms with van der Waals surface area (Å²) in [6, 6.07) is 1.79. The number of pyridine rings is 1. The minimum Gasteiger partial charge on any atom is -0.319 e. The van der Waals surface area contributed by atoms with Crippen LogP contribution in [0, 0.1) is 13.8 Å². The van der Waals surface area contributed by atoms with Crippen molar-refractivity contribution in [3.05, 3.63) is 40.2 Å². The Hall–Kier alpha value is -1.33. The van der Waals surface area contributed by atoms with Gasteiger partial charge in [0.1, 0.15) is 0 Å². The highest BCUT2D eigenvalue weighted by Gasteiger charge is 2.16. The van der Waals surface area contributed by atoms with E-state index in [0.717, 1.165) is 21.7 Å². The number of rotatable bonds is 2. The summed E-state index contributed by atoms with van der Waals surface area (Å²) in [5, 5.41) is 3.96. The highest BCUT2D eigenvalue weighted by Crippen LogP contribution is 2.25. The number of aromatic nitrogens is 3. The van der Waals surface area contributed by atoms with Crippen molar-refractivity contribution in [1.29, 1.82) is 0 Å². The molecular formula is C10H12N4S. The molecule has 0 aromatic carbocycles. The van der Waals surface area contributed by atoms with Crippen LogP contribution in [0.2, 0.25) is 0 Å². The van der Waals surface area contributed by atoms with E-state index in [1.807, 2.05) is 19.9 Å². The van der Waals surface area contributed by atoms with E-state index in [-0.39, 0.29) is 6.04 Å². The van der Waals surface area contributed by atoms with Gasteiger partial charge in [0, 0.05) is 12.4 Å². The van der Waals surface area contributed by atoms with Gasteiger partial charge in [0.25, 0.3) is 0 Å². The first kappa shape index (κ1) is 10.2. The smallest absolute Gasteiger partial charge is 0.0776 e. The maximum atomic E-state index is 6.15. The Balaban J connectivity index is 2.41. The SMILES string of the molecule is Cc1ccncc1C(N)c1snnc1C. The number of hydrogen-bond acceptors (Lipinski definition) is 5. The van der Waals surface area contributed by atoms with Crippen molar-refractivity contribution in [3.8, 4) is 0 Å². The molecule has 0 aliphatic carbocycles. The van der Waals surface area contributed by atoms with E-state index in [0.29, 0.717) is 0 Å². The maximum absolute atomic E-state index is 6.15. The zero-order valence-electron chi connectivity index (χ0n) is 8.64. The molecule has 78 valence electrons. The second-order valence-corrected chi connectivity index (χ2v) is 4.22. The van der Waals surface area contributed by atoms with Gasteiger partial charge in [0.05, 0.1) is 16.6 Å². The van der Waals surface area contributed by atoms with Gasteiger partial charge in [-0.1, -0.05) is 4.49 Å². The Morgan fingerprint density at radius 1 is 1.40 bits per heavy atom. The lowest BCUT2D eigenvalue weighted by Crippen LogP contribution is -2.13. The predicted molar refractivity (Wildman–Crippen MR) is 59.7 cm³/mol. The molecule has 0 bridgehead atoms. The summed E-state index contributed by atoms with van der Waals surface area (Å²) in [6.45, 7) is 3.95. The molecule has 0 saturated carbocycles. The van der Waals surface area contributed by atoms with Crippen molar-refractivity contribution in [2.45, 2.75) is 19.9 Å². The Morgan fingerprint density at radius 2 is 2.20 bits per heavy atom. The molecule has 5 heteroatoms. The van der Waals surface area contributed by atoms with Gasteiger partial charge < -0.3 is 5.73 Å². The lowest BCUT2D eigenvalue weighted by atomic mass is 10.0. The third-order valence-corrected chi connectivity index (χ3v) is 3.29. The molecule has 0 aliphatic heterocycles. The van der Waals surface area contributed by atoms with Crippen LogP contribution in [0.3, 0.4) is 0 Å². The molecule has 1 unspecified atom stereocenters. The molecule has 4 nitrogen and oxygen atoms in total. The topological polar surface area (TPSA) is 64.7 Å². The fourth-order valence-corrected chi connectivity index (χ4v) is 2.13. The molecule has 2 N–H and O–H groups in total. The molecule has 2 heterocycles. The molecule has 0 aliphatic rings. The van der Waals surface area contributed by atoms with E-state index in [9.17, 15) is 0 Å². The van der Waals surface area contributed by atoms with Crippen molar-refractivity contribution >= 4 is 11.5 Å². The fourth-order valence-electron chi connectivity index (χ4n) is 1.47. The largest absolute Gasteiger partial charge is 0.319 e. The molecule has 0 radical (unpaired) electrons. The number of nitrogens with two attached hydrogens (primary N) is 1. The molecule has 2 aromatic heterocycles. The van der Waals surface area contributed by atoms with Crippen LogP contribution in [-0.4, -0.2) is 14.6 Å². The van der Waals surface area contributed by atoms with Gasteiger partial charge in [-0.25, -0.2) is 0 Å². The van der Waals surface area contributed by atoms with E-state index in [2.05, 4.69) is 14.6 Å². The first-order valence-electron chi connectivity index (χ1n) is 4.65. The summed E-state index contributed by atoms with van der Waals surface area (Å²) in [7, 11) is 0. The molecular weight excluding hydrogens is 208 g/mol. The average molecular weight is 220 g/mol. The van der Waals surface area contributed by atoms with Gasteiger partial charge in [-0.3, -0.25) is 4.98 Å². The number of aryl methyl sites for hydroxylation is 2. The third-order valence-electron chi connectivity index (χ3n) is 2.38. The predicted octanol–water partition coefficient (Wildman–Crippen LogP) is 1.60. The maximum Gasteiger partial charge on any atom is 0.0776 e. The minimum atomic E-state index is -0.168. The van der Waals surface area contributed by atoms with Crippen molar-refractivity contribution in [2.24, 2.45) is 5.73 Å². The average Bonchev–Trinajstić information content (AvgIpc) is 2.64. The number of nitrogens with zero attached hydrogens (tertiary/aromatic N) is 3. The monoisotopic (exact) mass is 220 g/mol. The lowest BCUT2D eigenvalue weighted by Gasteiger charge is -2.11. The standard InChI is InChI=1S/C10H12N4S/c1-6-3-4-12-5-8(6)9(11)10-7(2)13-14-15-10/h3-5,9H,11H2,1-2H3. The van der Waals surface area contributed by atoms with Crippen molar-refractivity contribution < 1.29 is 0 Å². The van der Waals surface area contributed by atoms with Crippen LogP contribution in [0.4, 0.5) is 0 Å². The summed E-state index contributed by atoms with van der Waals surface area (Å²) in [6.07, 6.45) is 3.57. The summed E-state index contributed by atoms with van der Waals surface area (Å²) in [5.41, 5.74) is 9.23. The van der Waals surface area contributed by atoms with Crippen molar-refractivity contribution in [2.75, 3.05) is 0 Å². The van der Waals surface area contributed by atoms with Crippen LogP contribution < -0.4 is 5.73 Å².